The third-order valence-corrected chi connectivity index (χ3v) is 3.91. The minimum absolute atomic E-state index is 0.0839. The molecule has 0 saturated heterocycles. The summed E-state index contributed by atoms with van der Waals surface area (Å²) in [6.45, 7) is 2.19. The molecule has 0 aromatic heterocycles. The van der Waals surface area contributed by atoms with Crippen LogP contribution in [0.1, 0.15) is 58.3 Å². The maximum atomic E-state index is 11.4. The molecule has 0 aliphatic heterocycles. The van der Waals surface area contributed by atoms with E-state index in [0.29, 0.717) is 25.7 Å². The number of carbonyl (C=O) groups excluding carboxylic acids is 1. The number of amides is 1. The van der Waals surface area contributed by atoms with Crippen LogP contribution in [-0.2, 0) is 4.79 Å². The first kappa shape index (κ1) is 24.4. The highest BCUT2D eigenvalue weighted by Crippen LogP contribution is 2.04. The topological polar surface area (TPSA) is 60.8 Å². The van der Waals surface area contributed by atoms with Gasteiger partial charge in [-0.3, -0.25) is 4.79 Å². The van der Waals surface area contributed by atoms with Gasteiger partial charge in [-0.1, -0.05) is 68.4 Å². The molecule has 148 valence electrons. The fourth-order valence-corrected chi connectivity index (χ4v) is 2.24. The molecule has 0 fully saturated rings. The van der Waals surface area contributed by atoms with E-state index in [2.05, 4.69) is 13.0 Å². The summed E-state index contributed by atoms with van der Waals surface area (Å²) in [5.74, 6) is 0.0839. The average Bonchev–Trinajstić information content (AvgIpc) is 2.60. The molecule has 4 heteroatoms. The second kappa shape index (κ2) is 16.8. The standard InChI is InChI=1S/C22H37NO3/c1-4-5-6-7-8-11-15-20(24)16-12-9-10-13-17-21(25)18-14-19-22(26)23(2)3/h8-13,16-17,20-21,24-25H,4-7,14-15,18-19H2,1-3H3/b10-9+,11-8+,16-12+,17-13+/t20-,21-/m1/s1. The zero-order chi connectivity index (χ0) is 19.6. The minimum atomic E-state index is -0.540. The summed E-state index contributed by atoms with van der Waals surface area (Å²) in [6, 6.07) is 0. The molecule has 0 spiro atoms. The molecule has 0 bridgehead atoms. The van der Waals surface area contributed by atoms with E-state index in [1.54, 1.807) is 37.2 Å². The summed E-state index contributed by atoms with van der Waals surface area (Å²) in [6.07, 6.45) is 21.0. The van der Waals surface area contributed by atoms with Gasteiger partial charge in [-0.2, -0.15) is 0 Å². The molecular weight excluding hydrogens is 326 g/mol. The lowest BCUT2D eigenvalue weighted by Crippen LogP contribution is -2.21. The van der Waals surface area contributed by atoms with Crippen molar-refractivity contribution in [3.63, 3.8) is 0 Å². The van der Waals surface area contributed by atoms with Crippen molar-refractivity contribution >= 4 is 5.91 Å². The Morgan fingerprint density at radius 2 is 1.58 bits per heavy atom. The number of hydrogen-bond acceptors (Lipinski definition) is 3. The number of hydrogen-bond donors (Lipinski definition) is 2. The van der Waals surface area contributed by atoms with Gasteiger partial charge >= 0.3 is 0 Å². The highest BCUT2D eigenvalue weighted by Gasteiger charge is 2.05. The van der Waals surface area contributed by atoms with Crippen LogP contribution in [0.5, 0.6) is 0 Å². The van der Waals surface area contributed by atoms with E-state index in [9.17, 15) is 15.0 Å². The Hall–Kier alpha value is -1.65. The number of rotatable bonds is 14. The highest BCUT2D eigenvalue weighted by molar-refractivity contribution is 5.75. The molecule has 2 atom stereocenters. The normalized spacial score (nSPS) is 14.8. The zero-order valence-electron chi connectivity index (χ0n) is 16.7. The maximum Gasteiger partial charge on any atom is 0.222 e. The first-order chi connectivity index (χ1) is 12.5. The molecule has 2 N–H and O–H groups in total. The Morgan fingerprint density at radius 1 is 0.923 bits per heavy atom. The van der Waals surface area contributed by atoms with Gasteiger partial charge in [0.15, 0.2) is 0 Å². The molecule has 0 aliphatic rings. The monoisotopic (exact) mass is 363 g/mol. The van der Waals surface area contributed by atoms with Gasteiger partial charge in [0.25, 0.3) is 0 Å². The molecule has 4 nitrogen and oxygen atoms in total. The van der Waals surface area contributed by atoms with Gasteiger partial charge in [-0.15, -0.1) is 0 Å². The van der Waals surface area contributed by atoms with Crippen molar-refractivity contribution in [1.29, 1.82) is 0 Å². The quantitative estimate of drug-likeness (QED) is 0.277. The third kappa shape index (κ3) is 15.9. The van der Waals surface area contributed by atoms with Crippen molar-refractivity contribution in [3.05, 3.63) is 48.6 Å². The van der Waals surface area contributed by atoms with Gasteiger partial charge in [0, 0.05) is 20.5 Å². The fourth-order valence-electron chi connectivity index (χ4n) is 2.24. The first-order valence-corrected chi connectivity index (χ1v) is 9.70. The number of aliphatic hydroxyl groups excluding tert-OH is 2. The Kier molecular flexibility index (Phi) is 15.7. The molecule has 0 heterocycles. The van der Waals surface area contributed by atoms with Crippen molar-refractivity contribution < 1.29 is 15.0 Å². The second-order valence-electron chi connectivity index (χ2n) is 6.67. The number of nitrogens with zero attached hydrogens (tertiary/aromatic N) is 1. The molecule has 26 heavy (non-hydrogen) atoms. The summed E-state index contributed by atoms with van der Waals surface area (Å²) >= 11 is 0. The number of unbranched alkanes of at least 4 members (excludes halogenated alkanes) is 3. The predicted octanol–water partition coefficient (Wildman–Crippen LogP) is 4.16. The first-order valence-electron chi connectivity index (χ1n) is 9.70. The minimum Gasteiger partial charge on any atom is -0.389 e. The molecule has 0 aliphatic carbocycles. The summed E-state index contributed by atoms with van der Waals surface area (Å²) in [4.78, 5) is 13.0. The molecule has 0 rings (SSSR count). The van der Waals surface area contributed by atoms with Crippen LogP contribution < -0.4 is 0 Å². The lowest BCUT2D eigenvalue weighted by atomic mass is 10.1. The van der Waals surface area contributed by atoms with Crippen molar-refractivity contribution in [2.45, 2.75) is 70.5 Å². The van der Waals surface area contributed by atoms with Gasteiger partial charge in [0.2, 0.25) is 5.91 Å². The van der Waals surface area contributed by atoms with E-state index in [1.165, 1.54) is 19.3 Å². The van der Waals surface area contributed by atoms with Crippen LogP contribution in [-0.4, -0.2) is 47.3 Å². The van der Waals surface area contributed by atoms with E-state index >= 15 is 0 Å². The van der Waals surface area contributed by atoms with E-state index in [1.807, 2.05) is 24.3 Å². The molecule has 0 radical (unpaired) electrons. The van der Waals surface area contributed by atoms with E-state index in [0.717, 1.165) is 6.42 Å². The Bertz CT molecular complexity index is 464. The summed E-state index contributed by atoms with van der Waals surface area (Å²) in [7, 11) is 3.47. The van der Waals surface area contributed by atoms with Gasteiger partial charge in [0.1, 0.15) is 0 Å². The number of carbonyl (C=O) groups is 1. The molecule has 0 saturated carbocycles. The van der Waals surface area contributed by atoms with Gasteiger partial charge in [-0.05, 0) is 32.1 Å². The van der Waals surface area contributed by atoms with E-state index in [-0.39, 0.29) is 5.91 Å². The van der Waals surface area contributed by atoms with Crippen LogP contribution in [0.4, 0.5) is 0 Å². The Balaban J connectivity index is 3.86. The number of allylic oxidation sites excluding steroid dienone is 5. The van der Waals surface area contributed by atoms with Crippen LogP contribution in [0.2, 0.25) is 0 Å². The van der Waals surface area contributed by atoms with Crippen molar-refractivity contribution in [1.82, 2.24) is 4.90 Å². The molecule has 0 aromatic carbocycles. The molecular formula is C22H37NO3. The second-order valence-corrected chi connectivity index (χ2v) is 6.67. The van der Waals surface area contributed by atoms with Crippen LogP contribution in [0.25, 0.3) is 0 Å². The smallest absolute Gasteiger partial charge is 0.222 e. The van der Waals surface area contributed by atoms with E-state index < -0.39 is 12.2 Å². The molecule has 0 aromatic rings. The molecule has 0 unspecified atom stereocenters. The van der Waals surface area contributed by atoms with E-state index in [4.69, 9.17) is 0 Å². The lowest BCUT2D eigenvalue weighted by Gasteiger charge is -2.10. The van der Waals surface area contributed by atoms with Crippen LogP contribution in [0, 0.1) is 0 Å². The summed E-state index contributed by atoms with van der Waals surface area (Å²) in [5, 5.41) is 19.6. The van der Waals surface area contributed by atoms with Crippen LogP contribution in [0.3, 0.4) is 0 Å². The molecule has 1 amide bonds. The van der Waals surface area contributed by atoms with Gasteiger partial charge in [0.05, 0.1) is 12.2 Å². The third-order valence-electron chi connectivity index (χ3n) is 3.91. The fraction of sp³-hybridized carbons (Fsp3) is 0.591. The maximum absolute atomic E-state index is 11.4. The summed E-state index contributed by atoms with van der Waals surface area (Å²) in [5.41, 5.74) is 0. The Labute approximate surface area is 159 Å². The Morgan fingerprint density at radius 3 is 2.19 bits per heavy atom. The highest BCUT2D eigenvalue weighted by atomic mass is 16.3. The summed E-state index contributed by atoms with van der Waals surface area (Å²) < 4.78 is 0. The van der Waals surface area contributed by atoms with Crippen molar-refractivity contribution in [3.8, 4) is 0 Å². The predicted molar refractivity (Wildman–Crippen MR) is 110 cm³/mol. The van der Waals surface area contributed by atoms with Crippen LogP contribution in [0.15, 0.2) is 48.6 Å². The van der Waals surface area contributed by atoms with Gasteiger partial charge < -0.3 is 15.1 Å². The van der Waals surface area contributed by atoms with Crippen molar-refractivity contribution in [2.75, 3.05) is 14.1 Å². The largest absolute Gasteiger partial charge is 0.389 e. The van der Waals surface area contributed by atoms with Crippen LogP contribution >= 0.6 is 0 Å². The van der Waals surface area contributed by atoms with Crippen molar-refractivity contribution in [2.24, 2.45) is 0 Å². The lowest BCUT2D eigenvalue weighted by molar-refractivity contribution is -0.128. The van der Waals surface area contributed by atoms with Gasteiger partial charge in [-0.25, -0.2) is 0 Å². The number of aliphatic hydroxyl groups is 2. The zero-order valence-corrected chi connectivity index (χ0v) is 16.7. The average molecular weight is 364 g/mol. The SMILES string of the molecule is CCCCC/C=C/C[C@@H](O)/C=C/C=C/C=C/[C@@H](O)CCCC(=O)N(C)C.